The van der Waals surface area contributed by atoms with Crippen LogP contribution in [-0.2, 0) is 6.54 Å². The van der Waals surface area contributed by atoms with Crippen molar-refractivity contribution in [2.75, 3.05) is 25.0 Å². The zero-order valence-corrected chi connectivity index (χ0v) is 14.4. The van der Waals surface area contributed by atoms with Crippen LogP contribution in [0.3, 0.4) is 0 Å². The molecule has 122 valence electrons. The van der Waals surface area contributed by atoms with Crippen molar-refractivity contribution >= 4 is 17.6 Å². The number of hydrogen-bond donors (Lipinski definition) is 2. The first-order chi connectivity index (χ1) is 11.3. The first-order valence-electron chi connectivity index (χ1n) is 8.21. The molecule has 1 unspecified atom stereocenters. The quantitative estimate of drug-likeness (QED) is 0.763. The highest BCUT2D eigenvalue weighted by Gasteiger charge is 2.20. The van der Waals surface area contributed by atoms with Crippen molar-refractivity contribution in [2.45, 2.75) is 30.8 Å². The van der Waals surface area contributed by atoms with E-state index in [9.17, 15) is 0 Å². The molecule has 2 N–H and O–H groups in total. The summed E-state index contributed by atoms with van der Waals surface area (Å²) in [6.07, 6.45) is 4.87. The highest BCUT2D eigenvalue weighted by Crippen LogP contribution is 2.19. The van der Waals surface area contributed by atoms with Gasteiger partial charge in [-0.15, -0.1) is 0 Å². The number of pyridine rings is 1. The van der Waals surface area contributed by atoms with E-state index in [1.807, 2.05) is 18.3 Å². The average Bonchev–Trinajstić information content (AvgIpc) is 3.08. The van der Waals surface area contributed by atoms with Crippen molar-refractivity contribution in [1.82, 2.24) is 14.6 Å². The zero-order valence-electron chi connectivity index (χ0n) is 13.5. The monoisotopic (exact) mass is 328 g/mol. The van der Waals surface area contributed by atoms with Crippen LogP contribution in [0.25, 0.3) is 0 Å². The van der Waals surface area contributed by atoms with Crippen molar-refractivity contribution < 1.29 is 0 Å². The number of hydrogen-bond acceptors (Lipinski definition) is 5. The lowest BCUT2D eigenvalue weighted by Crippen LogP contribution is -2.28. The fourth-order valence-electron chi connectivity index (χ4n) is 2.71. The number of benzene rings is 1. The van der Waals surface area contributed by atoms with E-state index in [4.69, 9.17) is 0 Å². The lowest BCUT2D eigenvalue weighted by atomic mass is 10.2. The Morgan fingerprint density at radius 2 is 2.13 bits per heavy atom. The molecule has 1 aliphatic rings. The molecule has 0 spiro atoms. The molecular formula is C18H24N4S. The van der Waals surface area contributed by atoms with Crippen molar-refractivity contribution in [3.63, 3.8) is 0 Å². The fraction of sp³-hybridized carbons (Fsp3) is 0.389. The minimum atomic E-state index is 0.604. The van der Waals surface area contributed by atoms with Gasteiger partial charge in [0.1, 0.15) is 0 Å². The predicted molar refractivity (Wildman–Crippen MR) is 97.5 cm³/mol. The Labute approximate surface area is 142 Å². The molecule has 0 amide bonds. The maximum atomic E-state index is 4.11. The summed E-state index contributed by atoms with van der Waals surface area (Å²) in [5, 5.41) is 3.38. The second-order valence-corrected chi connectivity index (χ2v) is 6.75. The van der Waals surface area contributed by atoms with Gasteiger partial charge in [-0.2, -0.15) is 0 Å². The molecular weight excluding hydrogens is 304 g/mol. The number of nitrogens with one attached hydrogen (secondary N) is 2. The smallest absolute Gasteiger partial charge is 0.0529 e. The molecule has 5 heteroatoms. The minimum absolute atomic E-state index is 0.604. The Balaban J connectivity index is 1.44. The SMILES string of the molecule is CCN1CCC(NSc2ccc(CNc3cccnc3)cc2)C1. The average molecular weight is 328 g/mol. The van der Waals surface area contributed by atoms with Crippen molar-refractivity contribution in [3.8, 4) is 0 Å². The molecule has 4 nitrogen and oxygen atoms in total. The Bertz CT molecular complexity index is 588. The fourth-order valence-corrected chi connectivity index (χ4v) is 3.48. The van der Waals surface area contributed by atoms with Gasteiger partial charge in [0.15, 0.2) is 0 Å². The Morgan fingerprint density at radius 1 is 1.26 bits per heavy atom. The van der Waals surface area contributed by atoms with Crippen LogP contribution < -0.4 is 10.0 Å². The number of rotatable bonds is 7. The van der Waals surface area contributed by atoms with Gasteiger partial charge >= 0.3 is 0 Å². The molecule has 0 aliphatic carbocycles. The number of likely N-dealkylation sites (tertiary alicyclic amines) is 1. The summed E-state index contributed by atoms with van der Waals surface area (Å²) in [7, 11) is 0. The van der Waals surface area contributed by atoms with E-state index in [1.54, 1.807) is 18.1 Å². The van der Waals surface area contributed by atoms with Gasteiger partial charge in [-0.05, 0) is 61.3 Å². The second-order valence-electron chi connectivity index (χ2n) is 5.84. The molecule has 2 aromatic rings. The molecule has 1 saturated heterocycles. The molecule has 3 rings (SSSR count). The van der Waals surface area contributed by atoms with Crippen LogP contribution >= 0.6 is 11.9 Å². The Kier molecular flexibility index (Phi) is 5.91. The molecule has 23 heavy (non-hydrogen) atoms. The largest absolute Gasteiger partial charge is 0.380 e. The van der Waals surface area contributed by atoms with Gasteiger partial charge in [0.05, 0.1) is 5.69 Å². The molecule has 0 saturated carbocycles. The van der Waals surface area contributed by atoms with Crippen LogP contribution in [0.2, 0.25) is 0 Å². The molecule has 2 heterocycles. The first-order valence-corrected chi connectivity index (χ1v) is 9.02. The number of aromatic nitrogens is 1. The van der Waals surface area contributed by atoms with Gasteiger partial charge in [-0.3, -0.25) is 9.71 Å². The van der Waals surface area contributed by atoms with Crippen LogP contribution in [0.1, 0.15) is 18.9 Å². The molecule has 1 aromatic carbocycles. The van der Waals surface area contributed by atoms with Gasteiger partial charge in [0.2, 0.25) is 0 Å². The molecule has 1 atom stereocenters. The molecule has 0 bridgehead atoms. The van der Waals surface area contributed by atoms with E-state index < -0.39 is 0 Å². The maximum absolute atomic E-state index is 4.11. The first kappa shape index (κ1) is 16.3. The van der Waals surface area contributed by atoms with E-state index in [0.29, 0.717) is 6.04 Å². The lowest BCUT2D eigenvalue weighted by Gasteiger charge is -2.14. The third kappa shape index (κ3) is 4.96. The van der Waals surface area contributed by atoms with E-state index in [1.165, 1.54) is 23.4 Å². The van der Waals surface area contributed by atoms with Crippen LogP contribution in [0.5, 0.6) is 0 Å². The summed E-state index contributed by atoms with van der Waals surface area (Å²) < 4.78 is 3.59. The van der Waals surface area contributed by atoms with Crippen molar-refractivity contribution in [1.29, 1.82) is 0 Å². The topological polar surface area (TPSA) is 40.2 Å². The van der Waals surface area contributed by atoms with Gasteiger partial charge in [0.25, 0.3) is 0 Å². The molecule has 0 radical (unpaired) electrons. The molecule has 1 aromatic heterocycles. The van der Waals surface area contributed by atoms with Crippen LogP contribution in [0.4, 0.5) is 5.69 Å². The van der Waals surface area contributed by atoms with E-state index in [2.05, 4.69) is 51.1 Å². The third-order valence-corrected chi connectivity index (χ3v) is 5.10. The van der Waals surface area contributed by atoms with Crippen molar-refractivity contribution in [2.24, 2.45) is 0 Å². The summed E-state index contributed by atoms with van der Waals surface area (Å²) in [6.45, 7) is 6.58. The Morgan fingerprint density at radius 3 is 2.83 bits per heavy atom. The van der Waals surface area contributed by atoms with Crippen LogP contribution in [0, 0.1) is 0 Å². The zero-order chi connectivity index (χ0) is 15.9. The number of likely N-dealkylation sites (N-methyl/N-ethyl adjacent to an activating group) is 1. The van der Waals surface area contributed by atoms with Crippen LogP contribution in [-0.4, -0.2) is 35.6 Å². The predicted octanol–water partition coefficient (Wildman–Crippen LogP) is 3.38. The highest BCUT2D eigenvalue weighted by molar-refractivity contribution is 7.97. The number of nitrogens with zero attached hydrogens (tertiary/aromatic N) is 2. The third-order valence-electron chi connectivity index (χ3n) is 4.14. The molecule has 1 aliphatic heterocycles. The summed E-state index contributed by atoms with van der Waals surface area (Å²) in [6, 6.07) is 13.3. The lowest BCUT2D eigenvalue weighted by molar-refractivity contribution is 0.352. The van der Waals surface area contributed by atoms with Gasteiger partial charge in [0, 0.05) is 36.4 Å². The van der Waals surface area contributed by atoms with Crippen molar-refractivity contribution in [3.05, 3.63) is 54.4 Å². The van der Waals surface area contributed by atoms with E-state index in [0.717, 1.165) is 25.3 Å². The minimum Gasteiger partial charge on any atom is -0.380 e. The summed E-state index contributed by atoms with van der Waals surface area (Å²) in [5.74, 6) is 0. The summed E-state index contributed by atoms with van der Waals surface area (Å²) in [4.78, 5) is 7.87. The normalized spacial score (nSPS) is 18.2. The summed E-state index contributed by atoms with van der Waals surface area (Å²) in [5.41, 5.74) is 2.32. The Hall–Kier alpha value is -1.56. The van der Waals surface area contributed by atoms with Gasteiger partial charge in [-0.25, -0.2) is 0 Å². The standard InChI is InChI=1S/C18H24N4S/c1-2-22-11-9-17(14-22)21-23-18-7-5-15(6-8-18)12-20-16-4-3-10-19-13-16/h3-8,10,13,17,20-21H,2,9,11-12,14H2,1H3. The highest BCUT2D eigenvalue weighted by atomic mass is 32.2. The maximum Gasteiger partial charge on any atom is 0.0529 e. The van der Waals surface area contributed by atoms with Gasteiger partial charge in [-0.1, -0.05) is 19.1 Å². The molecule has 1 fully saturated rings. The van der Waals surface area contributed by atoms with E-state index in [-0.39, 0.29) is 0 Å². The van der Waals surface area contributed by atoms with Gasteiger partial charge < -0.3 is 10.2 Å². The number of anilines is 1. The second kappa shape index (κ2) is 8.34. The van der Waals surface area contributed by atoms with E-state index >= 15 is 0 Å². The van der Waals surface area contributed by atoms with Crippen LogP contribution in [0.15, 0.2) is 53.7 Å². The summed E-state index contributed by atoms with van der Waals surface area (Å²) >= 11 is 1.75.